The summed E-state index contributed by atoms with van der Waals surface area (Å²) in [4.78, 5) is 10.2. The van der Waals surface area contributed by atoms with E-state index in [-0.39, 0.29) is 11.1 Å². The van der Waals surface area contributed by atoms with Gasteiger partial charge >= 0.3 is 0 Å². The zero-order valence-corrected chi connectivity index (χ0v) is 10.6. The molecule has 1 aliphatic heterocycles. The minimum Gasteiger partial charge on any atom is -0.279 e. The van der Waals surface area contributed by atoms with Crippen molar-refractivity contribution >= 4 is 11.4 Å². The monoisotopic (exact) mass is 218 g/mol. The fraction of sp³-hybridized carbons (Fsp3) is 0.857. The molecule has 2 nitrogen and oxygen atoms in total. The molecule has 3 rings (SSSR count). The Bertz CT molecular complexity index is 317. The van der Waals surface area contributed by atoms with E-state index in [1.165, 1.54) is 62.8 Å². The normalized spacial score (nSPS) is 30.9. The molecule has 3 aliphatic rings. The van der Waals surface area contributed by atoms with Crippen molar-refractivity contribution in [2.45, 2.75) is 76.3 Å². The predicted molar refractivity (Wildman–Crippen MR) is 68.6 cm³/mol. The first-order chi connectivity index (χ1) is 7.67. The molecule has 0 radical (unpaired) electrons. The smallest absolute Gasteiger partial charge is 0.0980 e. The molecule has 0 saturated heterocycles. The summed E-state index contributed by atoms with van der Waals surface area (Å²) in [5.74, 6) is 0. The first-order valence-electron chi connectivity index (χ1n) is 6.81. The van der Waals surface area contributed by atoms with Gasteiger partial charge in [0, 0.05) is 11.4 Å². The van der Waals surface area contributed by atoms with E-state index in [4.69, 9.17) is 9.98 Å². The topological polar surface area (TPSA) is 24.7 Å². The highest BCUT2D eigenvalue weighted by Crippen LogP contribution is 2.44. The van der Waals surface area contributed by atoms with Gasteiger partial charge in [0.15, 0.2) is 0 Å². The van der Waals surface area contributed by atoms with Crippen molar-refractivity contribution in [2.24, 2.45) is 9.98 Å². The van der Waals surface area contributed by atoms with Crippen LogP contribution in [0.25, 0.3) is 0 Å². The maximum atomic E-state index is 5.12. The highest BCUT2D eigenvalue weighted by molar-refractivity contribution is 6.04. The third kappa shape index (κ3) is 1.31. The molecular weight excluding hydrogens is 196 g/mol. The highest BCUT2D eigenvalue weighted by atomic mass is 15.0. The van der Waals surface area contributed by atoms with Crippen LogP contribution in [0.15, 0.2) is 9.98 Å². The van der Waals surface area contributed by atoms with Crippen LogP contribution in [0.1, 0.15) is 65.2 Å². The molecule has 0 bridgehead atoms. The Morgan fingerprint density at radius 2 is 1.00 bits per heavy atom. The molecule has 2 aliphatic carbocycles. The lowest BCUT2D eigenvalue weighted by molar-refractivity contribution is 0.508. The molecule has 0 amide bonds. The average Bonchev–Trinajstić information content (AvgIpc) is 2.86. The fourth-order valence-corrected chi connectivity index (χ4v) is 3.88. The Labute approximate surface area is 98.3 Å². The molecule has 2 spiro atoms. The van der Waals surface area contributed by atoms with E-state index >= 15 is 0 Å². The Balaban J connectivity index is 2.00. The van der Waals surface area contributed by atoms with Crippen molar-refractivity contribution in [1.82, 2.24) is 0 Å². The largest absolute Gasteiger partial charge is 0.279 e. The minimum atomic E-state index is 0.123. The molecule has 0 N–H and O–H groups in total. The second-order valence-corrected chi connectivity index (χ2v) is 5.87. The summed E-state index contributed by atoms with van der Waals surface area (Å²) in [7, 11) is 0. The van der Waals surface area contributed by atoms with Gasteiger partial charge in [-0.3, -0.25) is 9.98 Å². The predicted octanol–water partition coefficient (Wildman–Crippen LogP) is 3.55. The van der Waals surface area contributed by atoms with Crippen molar-refractivity contribution in [3.63, 3.8) is 0 Å². The minimum absolute atomic E-state index is 0.123. The molecular formula is C14H22N2. The molecule has 1 heterocycles. The number of hydrogen-bond donors (Lipinski definition) is 0. The van der Waals surface area contributed by atoms with Gasteiger partial charge in [-0.05, 0) is 39.5 Å². The summed E-state index contributed by atoms with van der Waals surface area (Å²) in [5, 5.41) is 0. The first kappa shape index (κ1) is 10.5. The molecule has 2 heteroatoms. The standard InChI is InChI=1S/C14H22N2/c1-11-13(7-3-4-8-13)16-12(2)14(15-11)9-5-6-10-14/h3-10H2,1-2H3. The fourth-order valence-electron chi connectivity index (χ4n) is 3.88. The lowest BCUT2D eigenvalue weighted by Gasteiger charge is -2.37. The summed E-state index contributed by atoms with van der Waals surface area (Å²) in [5.41, 5.74) is 2.91. The van der Waals surface area contributed by atoms with E-state index in [1.807, 2.05) is 0 Å². The molecule has 16 heavy (non-hydrogen) atoms. The van der Waals surface area contributed by atoms with Crippen LogP contribution in [-0.2, 0) is 0 Å². The third-order valence-electron chi connectivity index (χ3n) is 4.97. The number of aliphatic imine (C=N–C) groups is 2. The molecule has 0 aromatic heterocycles. The van der Waals surface area contributed by atoms with Crippen molar-refractivity contribution in [2.75, 3.05) is 0 Å². The van der Waals surface area contributed by atoms with Crippen LogP contribution >= 0.6 is 0 Å². The van der Waals surface area contributed by atoms with Crippen molar-refractivity contribution < 1.29 is 0 Å². The Kier molecular flexibility index (Phi) is 2.24. The Morgan fingerprint density at radius 3 is 1.31 bits per heavy atom. The van der Waals surface area contributed by atoms with Gasteiger partial charge in [0.05, 0.1) is 11.1 Å². The second-order valence-electron chi connectivity index (χ2n) is 5.87. The zero-order valence-electron chi connectivity index (χ0n) is 10.6. The Morgan fingerprint density at radius 1 is 0.688 bits per heavy atom. The average molecular weight is 218 g/mol. The van der Waals surface area contributed by atoms with Gasteiger partial charge in [-0.1, -0.05) is 25.7 Å². The van der Waals surface area contributed by atoms with Crippen LogP contribution in [0.4, 0.5) is 0 Å². The third-order valence-corrected chi connectivity index (χ3v) is 4.97. The molecule has 2 fully saturated rings. The molecule has 0 unspecified atom stereocenters. The SMILES string of the molecule is CC1=NC2(CCCC2)C(C)=NC12CCCC2. The van der Waals surface area contributed by atoms with E-state index in [2.05, 4.69) is 13.8 Å². The van der Waals surface area contributed by atoms with Crippen LogP contribution in [-0.4, -0.2) is 22.5 Å². The lowest BCUT2D eigenvalue weighted by atomic mass is 9.84. The number of hydrogen-bond acceptors (Lipinski definition) is 2. The van der Waals surface area contributed by atoms with E-state index in [9.17, 15) is 0 Å². The molecule has 0 aromatic rings. The number of rotatable bonds is 0. The molecule has 0 atom stereocenters. The molecule has 0 aromatic carbocycles. The van der Waals surface area contributed by atoms with E-state index in [1.54, 1.807) is 0 Å². The van der Waals surface area contributed by atoms with Crippen LogP contribution < -0.4 is 0 Å². The van der Waals surface area contributed by atoms with Gasteiger partial charge in [0.25, 0.3) is 0 Å². The Hall–Kier alpha value is -0.660. The quantitative estimate of drug-likeness (QED) is 0.594. The van der Waals surface area contributed by atoms with Crippen LogP contribution in [0, 0.1) is 0 Å². The molecule has 88 valence electrons. The van der Waals surface area contributed by atoms with Crippen LogP contribution in [0.5, 0.6) is 0 Å². The maximum absolute atomic E-state index is 5.12. The van der Waals surface area contributed by atoms with Crippen molar-refractivity contribution in [1.29, 1.82) is 0 Å². The first-order valence-corrected chi connectivity index (χ1v) is 6.81. The summed E-state index contributed by atoms with van der Waals surface area (Å²) in [6, 6.07) is 0. The van der Waals surface area contributed by atoms with E-state index in [0.717, 1.165) is 0 Å². The van der Waals surface area contributed by atoms with Gasteiger partial charge in [-0.15, -0.1) is 0 Å². The zero-order chi connectivity index (χ0) is 11.2. The summed E-state index contributed by atoms with van der Waals surface area (Å²) >= 11 is 0. The second kappa shape index (κ2) is 3.41. The van der Waals surface area contributed by atoms with E-state index in [0.29, 0.717) is 0 Å². The van der Waals surface area contributed by atoms with Crippen molar-refractivity contribution in [3.8, 4) is 0 Å². The van der Waals surface area contributed by atoms with Gasteiger partial charge < -0.3 is 0 Å². The van der Waals surface area contributed by atoms with Crippen LogP contribution in [0.2, 0.25) is 0 Å². The van der Waals surface area contributed by atoms with Crippen molar-refractivity contribution in [3.05, 3.63) is 0 Å². The summed E-state index contributed by atoms with van der Waals surface area (Å²) in [6.07, 6.45) is 10.2. The maximum Gasteiger partial charge on any atom is 0.0980 e. The van der Waals surface area contributed by atoms with Gasteiger partial charge in [0.2, 0.25) is 0 Å². The van der Waals surface area contributed by atoms with Gasteiger partial charge in [0.1, 0.15) is 0 Å². The highest BCUT2D eigenvalue weighted by Gasteiger charge is 2.46. The number of nitrogens with zero attached hydrogens (tertiary/aromatic N) is 2. The van der Waals surface area contributed by atoms with Gasteiger partial charge in [-0.25, -0.2) is 0 Å². The van der Waals surface area contributed by atoms with Crippen LogP contribution in [0.3, 0.4) is 0 Å². The molecule has 2 saturated carbocycles. The lowest BCUT2D eigenvalue weighted by Crippen LogP contribution is -2.45. The van der Waals surface area contributed by atoms with Gasteiger partial charge in [-0.2, -0.15) is 0 Å². The summed E-state index contributed by atoms with van der Waals surface area (Å²) in [6.45, 7) is 4.45. The van der Waals surface area contributed by atoms with E-state index < -0.39 is 0 Å². The summed E-state index contributed by atoms with van der Waals surface area (Å²) < 4.78 is 0.